The first-order chi connectivity index (χ1) is 8.74. The molecule has 0 spiro atoms. The maximum absolute atomic E-state index is 9.21. The summed E-state index contributed by atoms with van der Waals surface area (Å²) < 4.78 is 0. The minimum atomic E-state index is 0.0738. The van der Waals surface area contributed by atoms with Crippen molar-refractivity contribution in [2.24, 2.45) is 0 Å². The third-order valence-corrected chi connectivity index (χ3v) is 3.19. The van der Waals surface area contributed by atoms with E-state index in [2.05, 4.69) is 44.1 Å². The molecule has 1 rings (SSSR count). The van der Waals surface area contributed by atoms with E-state index < -0.39 is 0 Å². The van der Waals surface area contributed by atoms with Gasteiger partial charge in [-0.05, 0) is 51.8 Å². The fourth-order valence-electron chi connectivity index (χ4n) is 1.79. The van der Waals surface area contributed by atoms with E-state index in [1.165, 1.54) is 5.56 Å². The molecule has 1 atom stereocenters. The van der Waals surface area contributed by atoms with Crippen molar-refractivity contribution in [2.45, 2.75) is 52.7 Å². The molecule has 4 heteroatoms. The molecule has 4 nitrogen and oxygen atoms in total. The van der Waals surface area contributed by atoms with Crippen LogP contribution in [0, 0.1) is 6.92 Å². The Balaban J connectivity index is 2.80. The summed E-state index contributed by atoms with van der Waals surface area (Å²) in [5.74, 6) is 0.932. The number of hydrogen-bond acceptors (Lipinski definition) is 4. The van der Waals surface area contributed by atoms with Crippen LogP contribution < -0.4 is 10.2 Å². The maximum atomic E-state index is 9.21. The Labute approximate surface area is 116 Å². The van der Waals surface area contributed by atoms with Crippen LogP contribution in [0.1, 0.15) is 38.8 Å². The zero-order valence-corrected chi connectivity index (χ0v) is 13.0. The number of likely N-dealkylation sites (N-methyl/N-ethyl adjacent to an activating group) is 1. The third kappa shape index (κ3) is 4.80. The van der Waals surface area contributed by atoms with Gasteiger partial charge in [-0.2, -0.15) is 0 Å². The lowest BCUT2D eigenvalue weighted by Crippen LogP contribution is -2.35. The lowest BCUT2D eigenvalue weighted by molar-refractivity contribution is 0.269. The minimum Gasteiger partial charge on any atom is -0.394 e. The zero-order valence-electron chi connectivity index (χ0n) is 13.0. The molecule has 2 N–H and O–H groups in total. The average molecular weight is 265 g/mol. The van der Waals surface area contributed by atoms with Crippen LogP contribution in [0.4, 0.5) is 5.82 Å². The van der Waals surface area contributed by atoms with E-state index >= 15 is 0 Å². The lowest BCUT2D eigenvalue weighted by atomic mass is 10.1. The number of hydrogen-bond donors (Lipinski definition) is 2. The van der Waals surface area contributed by atoms with Crippen LogP contribution in [0.3, 0.4) is 0 Å². The topological polar surface area (TPSA) is 48.4 Å². The van der Waals surface area contributed by atoms with Gasteiger partial charge in [0.1, 0.15) is 5.82 Å². The molecule has 0 amide bonds. The molecule has 19 heavy (non-hydrogen) atoms. The Kier molecular flexibility index (Phi) is 5.32. The molecule has 0 aliphatic rings. The molecule has 0 aromatic carbocycles. The van der Waals surface area contributed by atoms with Crippen LogP contribution in [0.25, 0.3) is 0 Å². The van der Waals surface area contributed by atoms with Crippen molar-refractivity contribution in [2.75, 3.05) is 18.6 Å². The smallest absolute Gasteiger partial charge is 0.131 e. The van der Waals surface area contributed by atoms with Crippen LogP contribution in [0.5, 0.6) is 0 Å². The SMILES string of the molecule is Cc1cc(CNC(C)(C)C)cnc1N(C)C(C)CO. The summed E-state index contributed by atoms with van der Waals surface area (Å²) in [6, 6.07) is 2.23. The van der Waals surface area contributed by atoms with Crippen molar-refractivity contribution < 1.29 is 5.11 Å². The van der Waals surface area contributed by atoms with Gasteiger partial charge >= 0.3 is 0 Å². The lowest BCUT2D eigenvalue weighted by Gasteiger charge is -2.26. The summed E-state index contributed by atoms with van der Waals surface area (Å²) in [6.07, 6.45) is 1.90. The van der Waals surface area contributed by atoms with Gasteiger partial charge in [0, 0.05) is 25.3 Å². The maximum Gasteiger partial charge on any atom is 0.131 e. The molecule has 0 fully saturated rings. The number of nitrogens with one attached hydrogen (secondary N) is 1. The Morgan fingerprint density at radius 2 is 2.05 bits per heavy atom. The molecule has 1 aromatic rings. The van der Waals surface area contributed by atoms with Gasteiger partial charge in [0.25, 0.3) is 0 Å². The summed E-state index contributed by atoms with van der Waals surface area (Å²) >= 11 is 0. The van der Waals surface area contributed by atoms with E-state index in [0.29, 0.717) is 0 Å². The Hall–Kier alpha value is -1.13. The standard InChI is InChI=1S/C15H27N3O/c1-11-7-13(9-17-15(3,4)5)8-16-14(11)18(6)12(2)10-19/h7-8,12,17,19H,9-10H2,1-6H3. The molecule has 0 aliphatic heterocycles. The molecule has 1 heterocycles. The second-order valence-corrected chi connectivity index (χ2v) is 6.23. The highest BCUT2D eigenvalue weighted by molar-refractivity contribution is 5.47. The third-order valence-electron chi connectivity index (χ3n) is 3.19. The molecule has 1 unspecified atom stereocenters. The minimum absolute atomic E-state index is 0.0738. The first kappa shape index (κ1) is 15.9. The predicted molar refractivity (Wildman–Crippen MR) is 80.5 cm³/mol. The van der Waals surface area contributed by atoms with Gasteiger partial charge in [-0.3, -0.25) is 0 Å². The number of pyridine rings is 1. The van der Waals surface area contributed by atoms with Crippen molar-refractivity contribution in [3.8, 4) is 0 Å². The first-order valence-corrected chi connectivity index (χ1v) is 6.79. The van der Waals surface area contributed by atoms with Gasteiger partial charge in [-0.1, -0.05) is 0 Å². The molecule has 0 aliphatic carbocycles. The monoisotopic (exact) mass is 265 g/mol. The van der Waals surface area contributed by atoms with Gasteiger partial charge in [0.2, 0.25) is 0 Å². The molecule has 0 bridgehead atoms. The number of anilines is 1. The van der Waals surface area contributed by atoms with E-state index in [1.807, 2.05) is 25.1 Å². The van der Waals surface area contributed by atoms with E-state index in [-0.39, 0.29) is 18.2 Å². The van der Waals surface area contributed by atoms with Crippen LogP contribution in [0.15, 0.2) is 12.3 Å². The Morgan fingerprint density at radius 1 is 1.42 bits per heavy atom. The highest BCUT2D eigenvalue weighted by Crippen LogP contribution is 2.18. The first-order valence-electron chi connectivity index (χ1n) is 6.79. The summed E-state index contributed by atoms with van der Waals surface area (Å²) in [5.41, 5.74) is 2.42. The van der Waals surface area contributed by atoms with Gasteiger partial charge in [-0.15, -0.1) is 0 Å². The molecule has 0 saturated heterocycles. The average Bonchev–Trinajstić information content (AvgIpc) is 2.34. The van der Waals surface area contributed by atoms with Crippen molar-refractivity contribution in [1.29, 1.82) is 0 Å². The number of rotatable bonds is 5. The summed E-state index contributed by atoms with van der Waals surface area (Å²) in [7, 11) is 1.96. The van der Waals surface area contributed by atoms with Crippen molar-refractivity contribution >= 4 is 5.82 Å². The van der Waals surface area contributed by atoms with Gasteiger partial charge < -0.3 is 15.3 Å². The predicted octanol–water partition coefficient (Wildman–Crippen LogP) is 2.10. The quantitative estimate of drug-likeness (QED) is 0.856. The van der Waals surface area contributed by atoms with E-state index in [0.717, 1.165) is 17.9 Å². The fraction of sp³-hybridized carbons (Fsp3) is 0.667. The van der Waals surface area contributed by atoms with Gasteiger partial charge in [-0.25, -0.2) is 4.98 Å². The van der Waals surface area contributed by atoms with E-state index in [1.54, 1.807) is 0 Å². The van der Waals surface area contributed by atoms with Gasteiger partial charge in [0.05, 0.1) is 12.6 Å². The summed E-state index contributed by atoms with van der Waals surface area (Å²) in [6.45, 7) is 11.4. The molecular weight excluding hydrogens is 238 g/mol. The van der Waals surface area contributed by atoms with Crippen molar-refractivity contribution in [3.05, 3.63) is 23.4 Å². The zero-order chi connectivity index (χ0) is 14.6. The highest BCUT2D eigenvalue weighted by Gasteiger charge is 2.14. The van der Waals surface area contributed by atoms with Crippen LogP contribution in [0.2, 0.25) is 0 Å². The highest BCUT2D eigenvalue weighted by atomic mass is 16.3. The number of aromatic nitrogens is 1. The van der Waals surface area contributed by atoms with E-state index in [9.17, 15) is 5.11 Å². The largest absolute Gasteiger partial charge is 0.394 e. The summed E-state index contributed by atoms with van der Waals surface area (Å²) in [5, 5.41) is 12.7. The number of aryl methyl sites for hydroxylation is 1. The molecule has 0 saturated carbocycles. The van der Waals surface area contributed by atoms with Crippen LogP contribution in [-0.2, 0) is 6.54 Å². The van der Waals surface area contributed by atoms with E-state index in [4.69, 9.17) is 0 Å². The van der Waals surface area contributed by atoms with Gasteiger partial charge in [0.15, 0.2) is 0 Å². The second-order valence-electron chi connectivity index (χ2n) is 6.23. The van der Waals surface area contributed by atoms with Crippen LogP contribution >= 0.6 is 0 Å². The van der Waals surface area contributed by atoms with Crippen molar-refractivity contribution in [3.63, 3.8) is 0 Å². The normalized spacial score (nSPS) is 13.4. The number of aliphatic hydroxyl groups excluding tert-OH is 1. The Bertz CT molecular complexity index is 412. The molecule has 0 radical (unpaired) electrons. The fourth-order valence-corrected chi connectivity index (χ4v) is 1.79. The molecular formula is C15H27N3O. The molecule has 1 aromatic heterocycles. The van der Waals surface area contributed by atoms with Crippen molar-refractivity contribution in [1.82, 2.24) is 10.3 Å². The summed E-state index contributed by atoms with van der Waals surface area (Å²) in [4.78, 5) is 6.53. The number of aliphatic hydroxyl groups is 1. The number of nitrogens with zero attached hydrogens (tertiary/aromatic N) is 2. The Morgan fingerprint density at radius 3 is 2.53 bits per heavy atom. The molecule has 108 valence electrons. The second kappa shape index (κ2) is 6.35. The van der Waals surface area contributed by atoms with Crippen LogP contribution in [-0.4, -0.2) is 35.3 Å².